The largest absolute Gasteiger partial charge is 0.394 e. The molecule has 0 aromatic carbocycles. The van der Waals surface area contributed by atoms with Gasteiger partial charge in [-0.25, -0.2) is 9.88 Å². The van der Waals surface area contributed by atoms with Crippen molar-refractivity contribution in [2.75, 3.05) is 13.2 Å². The lowest BCUT2D eigenvalue weighted by Gasteiger charge is -2.19. The number of ether oxygens (including phenoxy) is 1. The summed E-state index contributed by atoms with van der Waals surface area (Å²) in [6, 6.07) is 1.93. The highest BCUT2D eigenvalue weighted by Gasteiger charge is 2.38. The molecular weight excluding hydrogens is 339 g/mol. The van der Waals surface area contributed by atoms with Crippen molar-refractivity contribution in [3.63, 3.8) is 0 Å². The highest BCUT2D eigenvalue weighted by atomic mass is 31.2. The predicted octanol–water partition coefficient (Wildman–Crippen LogP) is -0.767. The van der Waals surface area contributed by atoms with Gasteiger partial charge in [-0.15, -0.1) is 0 Å². The van der Waals surface area contributed by atoms with Crippen molar-refractivity contribution in [2.45, 2.75) is 38.2 Å². The number of hydrogen-bond donors (Lipinski definition) is 4. The predicted molar refractivity (Wildman–Crippen MR) is 83.9 cm³/mol. The van der Waals surface area contributed by atoms with Crippen molar-refractivity contribution < 1.29 is 19.3 Å². The zero-order valence-electron chi connectivity index (χ0n) is 13.0. The second-order valence-electron chi connectivity index (χ2n) is 5.26. The van der Waals surface area contributed by atoms with Gasteiger partial charge in [-0.2, -0.15) is 5.26 Å². The molecule has 0 saturated carbocycles. The first kappa shape index (κ1) is 18.7. The van der Waals surface area contributed by atoms with Gasteiger partial charge in [0.1, 0.15) is 12.3 Å². The zero-order valence-corrected chi connectivity index (χ0v) is 13.9. The first-order valence-electron chi connectivity index (χ1n) is 7.31. The molecule has 0 radical (unpaired) electrons. The summed E-state index contributed by atoms with van der Waals surface area (Å²) in [4.78, 5) is 35.3. The number of hydrogen-bond acceptors (Lipinski definition) is 8. The molecular formula is C13H19N4O6P. The van der Waals surface area contributed by atoms with E-state index in [1.54, 1.807) is 6.92 Å². The molecule has 1 aliphatic heterocycles. The van der Waals surface area contributed by atoms with Gasteiger partial charge < -0.3 is 19.3 Å². The van der Waals surface area contributed by atoms with E-state index in [1.807, 2.05) is 6.07 Å². The van der Waals surface area contributed by atoms with Crippen molar-refractivity contribution >= 4 is 8.53 Å². The molecule has 11 heteroatoms. The minimum atomic E-state index is -1.98. The Kier molecular flexibility index (Phi) is 6.62. The van der Waals surface area contributed by atoms with Gasteiger partial charge in [-0.3, -0.25) is 14.3 Å². The molecule has 10 nitrogen and oxygen atoms in total. The van der Waals surface area contributed by atoms with Crippen LogP contribution >= 0.6 is 8.53 Å². The first-order valence-corrected chi connectivity index (χ1v) is 8.52. The molecule has 1 aliphatic rings. The summed E-state index contributed by atoms with van der Waals surface area (Å²) >= 11 is 0. The van der Waals surface area contributed by atoms with E-state index in [0.29, 0.717) is 5.56 Å². The van der Waals surface area contributed by atoms with Crippen LogP contribution in [0.2, 0.25) is 0 Å². The minimum absolute atomic E-state index is 0.218. The molecule has 132 valence electrons. The van der Waals surface area contributed by atoms with Crippen molar-refractivity contribution in [1.82, 2.24) is 14.6 Å². The fourth-order valence-corrected chi connectivity index (χ4v) is 3.18. The second-order valence-corrected chi connectivity index (χ2v) is 6.33. The zero-order chi connectivity index (χ0) is 17.7. The molecule has 0 amide bonds. The summed E-state index contributed by atoms with van der Waals surface area (Å²) in [5.41, 5.74) is -0.738. The first-order chi connectivity index (χ1) is 11.5. The fourth-order valence-electron chi connectivity index (χ4n) is 2.32. The van der Waals surface area contributed by atoms with E-state index in [1.165, 1.54) is 10.8 Å². The molecule has 1 fully saturated rings. The lowest BCUT2D eigenvalue weighted by molar-refractivity contribution is -0.0422. The monoisotopic (exact) mass is 358 g/mol. The third-order valence-electron chi connectivity index (χ3n) is 3.54. The molecule has 0 aliphatic carbocycles. The van der Waals surface area contributed by atoms with E-state index in [4.69, 9.17) is 14.5 Å². The lowest BCUT2D eigenvalue weighted by Crippen LogP contribution is -2.33. The van der Waals surface area contributed by atoms with Crippen LogP contribution in [0.4, 0.5) is 0 Å². The van der Waals surface area contributed by atoms with Gasteiger partial charge in [-0.1, -0.05) is 0 Å². The third-order valence-corrected chi connectivity index (χ3v) is 4.50. The number of aromatic amines is 1. The quantitative estimate of drug-likeness (QED) is 0.367. The number of aliphatic hydroxyl groups is 1. The van der Waals surface area contributed by atoms with Crippen LogP contribution in [-0.2, 0) is 9.26 Å². The molecule has 4 N–H and O–H groups in total. The summed E-state index contributed by atoms with van der Waals surface area (Å²) in [5.74, 6) is 0. The summed E-state index contributed by atoms with van der Waals surface area (Å²) in [6.45, 7) is 1.49. The van der Waals surface area contributed by atoms with E-state index in [2.05, 4.69) is 10.1 Å². The van der Waals surface area contributed by atoms with Crippen LogP contribution < -0.4 is 16.3 Å². The average Bonchev–Trinajstić information content (AvgIpc) is 2.93. The van der Waals surface area contributed by atoms with Crippen LogP contribution in [-0.4, -0.2) is 44.9 Å². The molecule has 1 aromatic heterocycles. The van der Waals surface area contributed by atoms with Gasteiger partial charge in [0, 0.05) is 31.1 Å². The normalized spacial score (nSPS) is 24.7. The molecule has 0 spiro atoms. The molecule has 2 rings (SSSR count). The van der Waals surface area contributed by atoms with Crippen LogP contribution in [0.1, 0.15) is 24.6 Å². The summed E-state index contributed by atoms with van der Waals surface area (Å²) < 4.78 is 12.3. The second kappa shape index (κ2) is 8.48. The van der Waals surface area contributed by atoms with Crippen LogP contribution in [0, 0.1) is 18.3 Å². The minimum Gasteiger partial charge on any atom is -0.394 e. The van der Waals surface area contributed by atoms with E-state index >= 15 is 0 Å². The van der Waals surface area contributed by atoms with Crippen LogP contribution in [0.5, 0.6) is 0 Å². The Hall–Kier alpha value is -1.60. The molecule has 24 heavy (non-hydrogen) atoms. The van der Waals surface area contributed by atoms with Gasteiger partial charge in [0.2, 0.25) is 0 Å². The fraction of sp³-hybridized carbons (Fsp3) is 0.615. The van der Waals surface area contributed by atoms with Gasteiger partial charge in [0.15, 0.2) is 0 Å². The molecule has 0 bridgehead atoms. The number of aliphatic hydroxyl groups excluding tert-OH is 1. The summed E-state index contributed by atoms with van der Waals surface area (Å²) in [6.07, 6.45) is -0.250. The van der Waals surface area contributed by atoms with Crippen LogP contribution in [0.3, 0.4) is 0 Å². The van der Waals surface area contributed by atoms with Crippen molar-refractivity contribution in [1.29, 1.82) is 5.26 Å². The Labute approximate surface area is 138 Å². The highest BCUT2D eigenvalue weighted by Crippen LogP contribution is 2.37. The van der Waals surface area contributed by atoms with Crippen LogP contribution in [0.25, 0.3) is 0 Å². The number of H-pyrrole nitrogens is 1. The smallest absolute Gasteiger partial charge is 0.330 e. The highest BCUT2D eigenvalue weighted by molar-refractivity contribution is 7.43. The van der Waals surface area contributed by atoms with E-state index in [-0.39, 0.29) is 26.0 Å². The lowest BCUT2D eigenvalue weighted by atomic mass is 10.2. The maximum atomic E-state index is 11.9. The number of nitriles is 1. The summed E-state index contributed by atoms with van der Waals surface area (Å²) in [7, 11) is -1.98. The maximum Gasteiger partial charge on any atom is 0.330 e. The van der Waals surface area contributed by atoms with Crippen molar-refractivity contribution in [3.05, 3.63) is 32.6 Å². The van der Waals surface area contributed by atoms with E-state index in [0.717, 1.165) is 0 Å². The number of nitrogens with zero attached hydrogens (tertiary/aromatic N) is 2. The molecule has 2 heterocycles. The van der Waals surface area contributed by atoms with Crippen LogP contribution in [0.15, 0.2) is 15.8 Å². The van der Waals surface area contributed by atoms with Crippen molar-refractivity contribution in [3.8, 4) is 6.07 Å². The Morgan fingerprint density at radius 3 is 3.04 bits per heavy atom. The molecule has 4 atom stereocenters. The Bertz CT molecular complexity index is 714. The number of aromatic nitrogens is 2. The van der Waals surface area contributed by atoms with E-state index < -0.39 is 38.2 Å². The number of rotatable bonds is 7. The molecule has 1 aromatic rings. The number of aryl methyl sites for hydroxylation is 1. The van der Waals surface area contributed by atoms with Crippen molar-refractivity contribution in [2.24, 2.45) is 0 Å². The Morgan fingerprint density at radius 2 is 2.38 bits per heavy atom. The standard InChI is InChI=1S/C13H19N4O6P/c1-8-6-17(13(20)16-12(8)19)11-5-9(10(7-18)22-11)23-24(21)15-4-2-3-14/h6,9-11,15,18,21H,2,4-5,7H2,1H3,(H,16,19,20)/t9-,10+,11+,24?/m0/s1. The SMILES string of the molecule is Cc1cn([C@H]2C[C@H](OP(O)NCCC#N)[C@@H](CO)O2)c(=O)[nH]c1=O. The summed E-state index contributed by atoms with van der Waals surface area (Å²) in [5, 5.41) is 20.5. The topological polar surface area (TPSA) is 150 Å². The third kappa shape index (κ3) is 4.48. The van der Waals surface area contributed by atoms with Gasteiger partial charge >= 0.3 is 5.69 Å². The van der Waals surface area contributed by atoms with Gasteiger partial charge in [0.25, 0.3) is 14.1 Å². The Morgan fingerprint density at radius 1 is 1.62 bits per heavy atom. The molecule has 1 saturated heterocycles. The number of nitrogens with one attached hydrogen (secondary N) is 2. The van der Waals surface area contributed by atoms with Gasteiger partial charge in [-0.05, 0) is 6.92 Å². The maximum absolute atomic E-state index is 11.9. The Balaban J connectivity index is 2.06. The van der Waals surface area contributed by atoms with E-state index in [9.17, 15) is 19.6 Å². The van der Waals surface area contributed by atoms with Gasteiger partial charge in [0.05, 0.1) is 18.8 Å². The molecule has 1 unspecified atom stereocenters. The average molecular weight is 358 g/mol.